The molecule has 0 amide bonds. The van der Waals surface area contributed by atoms with E-state index in [-0.39, 0.29) is 6.04 Å². The Kier molecular flexibility index (Phi) is 2.39. The highest BCUT2D eigenvalue weighted by atomic mass is 79.9. The van der Waals surface area contributed by atoms with Crippen molar-refractivity contribution in [1.82, 2.24) is 0 Å². The van der Waals surface area contributed by atoms with E-state index < -0.39 is 0 Å². The van der Waals surface area contributed by atoms with E-state index in [2.05, 4.69) is 21.1 Å². The normalized spacial score (nSPS) is 20.0. The van der Waals surface area contributed by atoms with Crippen LogP contribution in [0.15, 0.2) is 21.8 Å². The van der Waals surface area contributed by atoms with E-state index in [4.69, 9.17) is 11.6 Å². The summed E-state index contributed by atoms with van der Waals surface area (Å²) in [5.74, 6) is 0. The number of hydrogen-bond acceptors (Lipinski definition) is 2. The zero-order chi connectivity index (χ0) is 9.42. The van der Waals surface area contributed by atoms with E-state index in [1.54, 1.807) is 0 Å². The van der Waals surface area contributed by atoms with Crippen LogP contribution in [0.3, 0.4) is 0 Å². The van der Waals surface area contributed by atoms with Crippen LogP contribution in [-0.2, 0) is 6.42 Å². The van der Waals surface area contributed by atoms with Crippen LogP contribution in [0.25, 0.3) is 0 Å². The maximum atomic E-state index is 10.5. The van der Waals surface area contributed by atoms with Gasteiger partial charge in [-0.1, -0.05) is 16.8 Å². The molecule has 0 N–H and O–H groups in total. The summed E-state index contributed by atoms with van der Waals surface area (Å²) in [4.78, 5) is 10.5. The third-order valence-corrected chi connectivity index (χ3v) is 3.55. The Balaban J connectivity index is 2.53. The standard InChI is InChI=1S/C9H7BrClNO/c10-7-4-6-5(3-8(7)11)1-2-9(6)12-13/h3-4,9H,1-2H2/t9-/m1/s1. The lowest BCUT2D eigenvalue weighted by Crippen LogP contribution is -1.87. The molecule has 0 heterocycles. The molecule has 0 saturated heterocycles. The number of nitroso groups, excluding NO2 is 1. The molecule has 0 radical (unpaired) electrons. The van der Waals surface area contributed by atoms with Gasteiger partial charge in [-0.25, -0.2) is 0 Å². The largest absolute Gasteiger partial charge is 0.150 e. The molecule has 1 aromatic rings. The Bertz CT molecular complexity index is 367. The molecule has 2 nitrogen and oxygen atoms in total. The first-order valence-electron chi connectivity index (χ1n) is 4.02. The van der Waals surface area contributed by atoms with Gasteiger partial charge in [-0.2, -0.15) is 4.91 Å². The third-order valence-electron chi connectivity index (χ3n) is 2.36. The zero-order valence-electron chi connectivity index (χ0n) is 6.76. The van der Waals surface area contributed by atoms with Crippen molar-refractivity contribution in [3.8, 4) is 0 Å². The first kappa shape index (κ1) is 9.16. The van der Waals surface area contributed by atoms with E-state index >= 15 is 0 Å². The van der Waals surface area contributed by atoms with Crippen LogP contribution in [0.2, 0.25) is 5.02 Å². The van der Waals surface area contributed by atoms with Gasteiger partial charge in [0.1, 0.15) is 6.04 Å². The first-order chi connectivity index (χ1) is 6.22. The minimum absolute atomic E-state index is 0.177. The number of halogens is 2. The van der Waals surface area contributed by atoms with E-state index in [1.807, 2.05) is 12.1 Å². The van der Waals surface area contributed by atoms with Crippen LogP contribution >= 0.6 is 27.5 Å². The Hall–Kier alpha value is -0.410. The molecule has 0 spiro atoms. The van der Waals surface area contributed by atoms with Crippen molar-refractivity contribution in [2.75, 3.05) is 0 Å². The van der Waals surface area contributed by atoms with Crippen molar-refractivity contribution in [1.29, 1.82) is 0 Å². The Labute approximate surface area is 89.4 Å². The van der Waals surface area contributed by atoms with Crippen molar-refractivity contribution < 1.29 is 0 Å². The second-order valence-corrected chi connectivity index (χ2v) is 4.39. The predicted molar refractivity (Wildman–Crippen MR) is 56.0 cm³/mol. The summed E-state index contributed by atoms with van der Waals surface area (Å²) >= 11 is 9.26. The monoisotopic (exact) mass is 259 g/mol. The summed E-state index contributed by atoms with van der Waals surface area (Å²) in [5, 5.41) is 3.79. The minimum atomic E-state index is -0.177. The summed E-state index contributed by atoms with van der Waals surface area (Å²) in [7, 11) is 0. The lowest BCUT2D eigenvalue weighted by Gasteiger charge is -2.04. The number of hydrogen-bond donors (Lipinski definition) is 0. The molecule has 1 aliphatic carbocycles. The molecule has 0 aromatic heterocycles. The van der Waals surface area contributed by atoms with Gasteiger partial charge in [0.15, 0.2) is 0 Å². The minimum Gasteiger partial charge on any atom is -0.150 e. The average Bonchev–Trinajstić information content (AvgIpc) is 2.48. The van der Waals surface area contributed by atoms with Crippen LogP contribution in [0.4, 0.5) is 0 Å². The lowest BCUT2D eigenvalue weighted by atomic mass is 10.1. The molecule has 1 atom stereocenters. The highest BCUT2D eigenvalue weighted by Crippen LogP contribution is 2.38. The third kappa shape index (κ3) is 1.51. The van der Waals surface area contributed by atoms with E-state index in [9.17, 15) is 4.91 Å². The van der Waals surface area contributed by atoms with Crippen LogP contribution in [-0.4, -0.2) is 0 Å². The van der Waals surface area contributed by atoms with Crippen molar-refractivity contribution in [2.45, 2.75) is 18.9 Å². The second kappa shape index (κ2) is 3.39. The van der Waals surface area contributed by atoms with Crippen molar-refractivity contribution >= 4 is 27.5 Å². The van der Waals surface area contributed by atoms with Gasteiger partial charge in [0, 0.05) is 4.47 Å². The van der Waals surface area contributed by atoms with E-state index in [1.165, 1.54) is 0 Å². The molecule has 0 unspecified atom stereocenters. The number of nitrogens with zero attached hydrogens (tertiary/aromatic N) is 1. The number of aryl methyl sites for hydroxylation is 1. The van der Waals surface area contributed by atoms with E-state index in [0.717, 1.165) is 28.4 Å². The quantitative estimate of drug-likeness (QED) is 0.705. The van der Waals surface area contributed by atoms with Gasteiger partial charge in [0.25, 0.3) is 0 Å². The van der Waals surface area contributed by atoms with Gasteiger partial charge in [-0.3, -0.25) is 0 Å². The van der Waals surface area contributed by atoms with Crippen LogP contribution in [0.5, 0.6) is 0 Å². The average molecular weight is 261 g/mol. The second-order valence-electron chi connectivity index (χ2n) is 3.13. The Morgan fingerprint density at radius 2 is 2.31 bits per heavy atom. The van der Waals surface area contributed by atoms with Crippen LogP contribution in [0, 0.1) is 4.91 Å². The zero-order valence-corrected chi connectivity index (χ0v) is 9.10. The lowest BCUT2D eigenvalue weighted by molar-refractivity contribution is 0.709. The summed E-state index contributed by atoms with van der Waals surface area (Å²) in [6, 6.07) is 3.63. The molecular weight excluding hydrogens is 253 g/mol. The smallest absolute Gasteiger partial charge is 0.117 e. The number of benzene rings is 1. The van der Waals surface area contributed by atoms with Crippen molar-refractivity contribution in [3.63, 3.8) is 0 Å². The fraction of sp³-hybridized carbons (Fsp3) is 0.333. The summed E-state index contributed by atoms with van der Waals surface area (Å²) < 4.78 is 0.837. The van der Waals surface area contributed by atoms with Crippen molar-refractivity contribution in [3.05, 3.63) is 37.7 Å². The molecule has 68 valence electrons. The SMILES string of the molecule is O=N[C@@H]1CCc2cc(Cl)c(Br)cc21. The molecule has 2 rings (SSSR count). The highest BCUT2D eigenvalue weighted by Gasteiger charge is 2.24. The van der Waals surface area contributed by atoms with Gasteiger partial charge >= 0.3 is 0 Å². The molecule has 0 saturated carbocycles. The highest BCUT2D eigenvalue weighted by molar-refractivity contribution is 9.10. The first-order valence-corrected chi connectivity index (χ1v) is 5.19. The molecule has 0 bridgehead atoms. The topological polar surface area (TPSA) is 29.4 Å². The maximum Gasteiger partial charge on any atom is 0.117 e. The summed E-state index contributed by atoms with van der Waals surface area (Å²) in [5.41, 5.74) is 2.17. The molecule has 13 heavy (non-hydrogen) atoms. The van der Waals surface area contributed by atoms with E-state index in [0.29, 0.717) is 5.02 Å². The van der Waals surface area contributed by atoms with Crippen molar-refractivity contribution in [2.24, 2.45) is 5.18 Å². The molecular formula is C9H7BrClNO. The fourth-order valence-corrected chi connectivity index (χ4v) is 2.23. The van der Waals surface area contributed by atoms with Gasteiger partial charge in [0.05, 0.1) is 5.02 Å². The number of fused-ring (bicyclic) bond motifs is 1. The van der Waals surface area contributed by atoms with Gasteiger partial charge < -0.3 is 0 Å². The molecule has 1 aliphatic rings. The van der Waals surface area contributed by atoms with Crippen LogP contribution < -0.4 is 0 Å². The Morgan fingerprint density at radius 1 is 1.54 bits per heavy atom. The Morgan fingerprint density at radius 3 is 3.00 bits per heavy atom. The predicted octanol–water partition coefficient (Wildman–Crippen LogP) is 3.86. The molecule has 4 heteroatoms. The van der Waals surface area contributed by atoms with Crippen LogP contribution in [0.1, 0.15) is 23.6 Å². The number of rotatable bonds is 1. The fourth-order valence-electron chi connectivity index (χ4n) is 1.69. The van der Waals surface area contributed by atoms with Gasteiger partial charge in [-0.05, 0) is 52.0 Å². The van der Waals surface area contributed by atoms with Gasteiger partial charge in [-0.15, -0.1) is 0 Å². The summed E-state index contributed by atoms with van der Waals surface area (Å²) in [6.07, 6.45) is 1.71. The van der Waals surface area contributed by atoms with Gasteiger partial charge in [0.2, 0.25) is 0 Å². The summed E-state index contributed by atoms with van der Waals surface area (Å²) in [6.45, 7) is 0. The molecule has 1 aromatic carbocycles. The molecule has 0 aliphatic heterocycles. The maximum absolute atomic E-state index is 10.5. The molecule has 0 fully saturated rings.